The minimum atomic E-state index is -0.0410. The average Bonchev–Trinajstić information content (AvgIpc) is 3.34. The van der Waals surface area contributed by atoms with Gasteiger partial charge in [-0.2, -0.15) is 0 Å². The van der Waals surface area contributed by atoms with E-state index >= 15 is 0 Å². The van der Waals surface area contributed by atoms with Crippen molar-refractivity contribution in [3.8, 4) is 11.8 Å². The quantitative estimate of drug-likeness (QED) is 0.286. The molecule has 10 heteroatoms. The average molecular weight is 507 g/mol. The van der Waals surface area contributed by atoms with Gasteiger partial charge >= 0.3 is 0 Å². The van der Waals surface area contributed by atoms with Crippen molar-refractivity contribution in [2.45, 2.75) is 33.1 Å². The molecule has 4 rings (SSSR count). The lowest BCUT2D eigenvalue weighted by molar-refractivity contribution is -0.119. The number of nitrogens with one attached hydrogen (secondary N) is 2. The standard InChI is InChI=1S/C27H34N6O4/c1-18(34)28-12-10-20-16-32(3)22-6-8-24(30-26(20)22)36-14-5-15-37-25-9-7-23-27(31-25)21(17-33(23)4)11-13-29-19(2)35/h6-9,16-17H,5,10-15H2,1-4H3,(H,28,34)(H,29,35). The van der Waals surface area contributed by atoms with Crippen LogP contribution < -0.4 is 20.1 Å². The fourth-order valence-corrected chi connectivity index (χ4v) is 4.32. The molecule has 0 atom stereocenters. The van der Waals surface area contributed by atoms with Gasteiger partial charge in [-0.15, -0.1) is 0 Å². The minimum absolute atomic E-state index is 0.0410. The van der Waals surface area contributed by atoms with Crippen LogP contribution in [0.3, 0.4) is 0 Å². The number of fused-ring (bicyclic) bond motifs is 2. The second-order valence-corrected chi connectivity index (χ2v) is 9.08. The molecular formula is C27H34N6O4. The maximum absolute atomic E-state index is 11.2. The summed E-state index contributed by atoms with van der Waals surface area (Å²) in [6, 6.07) is 7.74. The summed E-state index contributed by atoms with van der Waals surface area (Å²) < 4.78 is 15.8. The van der Waals surface area contributed by atoms with E-state index in [0.29, 0.717) is 57.3 Å². The highest BCUT2D eigenvalue weighted by Gasteiger charge is 2.11. The van der Waals surface area contributed by atoms with Crippen molar-refractivity contribution < 1.29 is 19.1 Å². The van der Waals surface area contributed by atoms with Gasteiger partial charge in [0.2, 0.25) is 23.6 Å². The number of pyridine rings is 2. The van der Waals surface area contributed by atoms with Gasteiger partial charge in [-0.3, -0.25) is 9.59 Å². The van der Waals surface area contributed by atoms with Gasteiger partial charge in [0, 0.05) is 72.0 Å². The van der Waals surface area contributed by atoms with Crippen molar-refractivity contribution in [1.29, 1.82) is 0 Å². The summed E-state index contributed by atoms with van der Waals surface area (Å²) in [7, 11) is 3.97. The van der Waals surface area contributed by atoms with Crippen LogP contribution in [0.4, 0.5) is 0 Å². The Labute approximate surface area is 216 Å². The molecule has 4 aromatic heterocycles. The van der Waals surface area contributed by atoms with Crippen LogP contribution in [0.5, 0.6) is 11.8 Å². The molecule has 0 aliphatic carbocycles. The summed E-state index contributed by atoms with van der Waals surface area (Å²) in [5.74, 6) is 1.04. The van der Waals surface area contributed by atoms with Gasteiger partial charge in [0.15, 0.2) is 0 Å². The summed E-state index contributed by atoms with van der Waals surface area (Å²) >= 11 is 0. The Kier molecular flexibility index (Phi) is 8.27. The monoisotopic (exact) mass is 506 g/mol. The third-order valence-corrected chi connectivity index (χ3v) is 6.09. The summed E-state index contributed by atoms with van der Waals surface area (Å²) in [5.41, 5.74) is 5.95. The first-order valence-corrected chi connectivity index (χ1v) is 12.5. The Morgan fingerprint density at radius 3 is 1.59 bits per heavy atom. The lowest BCUT2D eigenvalue weighted by Crippen LogP contribution is -2.22. The van der Waals surface area contributed by atoms with Crippen LogP contribution in [-0.4, -0.2) is 57.2 Å². The Hall–Kier alpha value is -4.08. The SMILES string of the molecule is CC(=O)NCCc1cn(C)c2ccc(OCCCOc3ccc4c(n3)c(CCNC(C)=O)cn4C)nc12. The van der Waals surface area contributed by atoms with Crippen molar-refractivity contribution in [3.05, 3.63) is 47.8 Å². The smallest absolute Gasteiger partial charge is 0.216 e. The van der Waals surface area contributed by atoms with Crippen molar-refractivity contribution in [3.63, 3.8) is 0 Å². The van der Waals surface area contributed by atoms with E-state index < -0.39 is 0 Å². The highest BCUT2D eigenvalue weighted by Crippen LogP contribution is 2.23. The number of hydrogen-bond donors (Lipinski definition) is 2. The van der Waals surface area contributed by atoms with Crippen LogP contribution in [0.15, 0.2) is 36.7 Å². The largest absolute Gasteiger partial charge is 0.478 e. The minimum Gasteiger partial charge on any atom is -0.478 e. The van der Waals surface area contributed by atoms with Crippen molar-refractivity contribution in [1.82, 2.24) is 29.7 Å². The number of amides is 2. The van der Waals surface area contributed by atoms with Gasteiger partial charge in [-0.1, -0.05) is 0 Å². The number of carbonyl (C=O) groups is 2. The molecule has 10 nitrogen and oxygen atoms in total. The zero-order valence-corrected chi connectivity index (χ0v) is 21.8. The van der Waals surface area contributed by atoms with Gasteiger partial charge in [0.1, 0.15) is 0 Å². The lowest BCUT2D eigenvalue weighted by atomic mass is 10.2. The summed E-state index contributed by atoms with van der Waals surface area (Å²) in [5, 5.41) is 5.66. The fraction of sp³-hybridized carbons (Fsp3) is 0.407. The predicted molar refractivity (Wildman–Crippen MR) is 142 cm³/mol. The zero-order valence-electron chi connectivity index (χ0n) is 21.8. The molecule has 196 valence electrons. The molecule has 0 radical (unpaired) electrons. The van der Waals surface area contributed by atoms with Crippen LogP contribution in [-0.2, 0) is 36.5 Å². The molecule has 0 unspecified atom stereocenters. The Balaban J connectivity index is 1.30. The number of nitrogens with zero attached hydrogens (tertiary/aromatic N) is 4. The van der Waals surface area contributed by atoms with E-state index in [2.05, 4.69) is 10.6 Å². The number of aromatic nitrogens is 4. The molecule has 0 spiro atoms. The third-order valence-electron chi connectivity index (χ3n) is 6.09. The maximum atomic E-state index is 11.2. The Morgan fingerprint density at radius 2 is 1.19 bits per heavy atom. The van der Waals surface area contributed by atoms with Crippen molar-refractivity contribution in [2.75, 3.05) is 26.3 Å². The molecule has 4 heterocycles. The first kappa shape index (κ1) is 26.0. The van der Waals surface area contributed by atoms with Crippen LogP contribution >= 0.6 is 0 Å². The maximum Gasteiger partial charge on any atom is 0.216 e. The van der Waals surface area contributed by atoms with Gasteiger partial charge in [-0.05, 0) is 36.1 Å². The summed E-state index contributed by atoms with van der Waals surface area (Å²) in [4.78, 5) is 31.7. The van der Waals surface area contributed by atoms with Gasteiger partial charge in [0.25, 0.3) is 0 Å². The molecule has 0 aromatic carbocycles. The van der Waals surface area contributed by atoms with E-state index in [1.165, 1.54) is 13.8 Å². The Bertz CT molecular complexity index is 1300. The molecule has 0 fully saturated rings. The predicted octanol–water partition coefficient (Wildman–Crippen LogP) is 2.67. The molecule has 2 N–H and O–H groups in total. The van der Waals surface area contributed by atoms with E-state index in [1.807, 2.05) is 59.9 Å². The van der Waals surface area contributed by atoms with Crippen molar-refractivity contribution in [2.24, 2.45) is 14.1 Å². The van der Waals surface area contributed by atoms with Crippen LogP contribution in [0.2, 0.25) is 0 Å². The molecular weight excluding hydrogens is 472 g/mol. The van der Waals surface area contributed by atoms with E-state index in [4.69, 9.17) is 19.4 Å². The topological polar surface area (TPSA) is 112 Å². The summed E-state index contributed by atoms with van der Waals surface area (Å²) in [6.07, 6.45) is 6.16. The van der Waals surface area contributed by atoms with Crippen LogP contribution in [0, 0.1) is 0 Å². The van der Waals surface area contributed by atoms with Crippen molar-refractivity contribution >= 4 is 33.9 Å². The Morgan fingerprint density at radius 1 is 0.757 bits per heavy atom. The zero-order chi connectivity index (χ0) is 26.4. The highest BCUT2D eigenvalue weighted by atomic mass is 16.5. The van der Waals surface area contributed by atoms with E-state index in [0.717, 1.165) is 33.2 Å². The molecule has 0 aliphatic rings. The molecule has 37 heavy (non-hydrogen) atoms. The number of ether oxygens (including phenoxy) is 2. The first-order chi connectivity index (χ1) is 17.8. The third kappa shape index (κ3) is 6.58. The first-order valence-electron chi connectivity index (χ1n) is 12.5. The fourth-order valence-electron chi connectivity index (χ4n) is 4.32. The number of carbonyl (C=O) groups excluding carboxylic acids is 2. The van der Waals surface area contributed by atoms with E-state index in [9.17, 15) is 9.59 Å². The lowest BCUT2D eigenvalue weighted by Gasteiger charge is -2.08. The van der Waals surface area contributed by atoms with Gasteiger partial charge in [-0.25, -0.2) is 9.97 Å². The van der Waals surface area contributed by atoms with E-state index in [-0.39, 0.29) is 11.8 Å². The number of rotatable bonds is 12. The molecule has 0 saturated heterocycles. The molecule has 4 aromatic rings. The second-order valence-electron chi connectivity index (χ2n) is 9.08. The normalized spacial score (nSPS) is 11.1. The van der Waals surface area contributed by atoms with Crippen LogP contribution in [0.25, 0.3) is 22.1 Å². The van der Waals surface area contributed by atoms with Gasteiger partial charge < -0.3 is 29.2 Å². The highest BCUT2D eigenvalue weighted by molar-refractivity contribution is 5.81. The van der Waals surface area contributed by atoms with Gasteiger partial charge in [0.05, 0.1) is 35.3 Å². The van der Waals surface area contributed by atoms with Crippen LogP contribution in [0.1, 0.15) is 31.4 Å². The number of hydrogen-bond acceptors (Lipinski definition) is 6. The second kappa shape index (κ2) is 11.8. The molecule has 0 saturated carbocycles. The molecule has 2 amide bonds. The summed E-state index contributed by atoms with van der Waals surface area (Å²) in [6.45, 7) is 5.09. The molecule has 0 aliphatic heterocycles. The number of aryl methyl sites for hydroxylation is 2. The van der Waals surface area contributed by atoms with E-state index in [1.54, 1.807) is 0 Å². The molecule has 0 bridgehead atoms.